The summed E-state index contributed by atoms with van der Waals surface area (Å²) in [5, 5.41) is 0. The van der Waals surface area contributed by atoms with E-state index in [1.54, 1.807) is 0 Å². The number of para-hydroxylation sites is 1. The van der Waals surface area contributed by atoms with E-state index in [1.165, 1.54) is 37.2 Å². The Labute approximate surface area is 85.7 Å². The zero-order valence-corrected chi connectivity index (χ0v) is 8.37. The maximum Gasteiger partial charge on any atom is 0.0408 e. The molecule has 0 atom stereocenters. The summed E-state index contributed by atoms with van der Waals surface area (Å²) in [7, 11) is 0. The molecule has 0 bridgehead atoms. The standard InChI is InChI=1S/C13H15N/c1-2-7-12-8-3-4-9-13(12)14-10-5-6-11-14/h1,3-4,8-9H,5-7,10-11H2. The lowest BCUT2D eigenvalue weighted by Crippen LogP contribution is -2.19. The fourth-order valence-electron chi connectivity index (χ4n) is 2.04. The van der Waals surface area contributed by atoms with E-state index in [1.807, 2.05) is 0 Å². The molecule has 1 aliphatic rings. The molecule has 0 amide bonds. The molecule has 2 rings (SSSR count). The van der Waals surface area contributed by atoms with E-state index in [0.717, 1.165) is 6.42 Å². The minimum Gasteiger partial charge on any atom is -0.371 e. The van der Waals surface area contributed by atoms with Gasteiger partial charge in [0.15, 0.2) is 0 Å². The molecule has 1 aliphatic heterocycles. The topological polar surface area (TPSA) is 3.24 Å². The van der Waals surface area contributed by atoms with Crippen LogP contribution in [0.4, 0.5) is 5.69 Å². The SMILES string of the molecule is C#CCc1ccccc1N1CCCC1. The average molecular weight is 185 g/mol. The summed E-state index contributed by atoms with van der Waals surface area (Å²) in [5.74, 6) is 2.72. The highest BCUT2D eigenvalue weighted by atomic mass is 15.1. The molecule has 1 aromatic rings. The predicted molar refractivity (Wildman–Crippen MR) is 60.4 cm³/mol. The van der Waals surface area contributed by atoms with Crippen molar-refractivity contribution in [1.82, 2.24) is 0 Å². The molecule has 0 saturated carbocycles. The van der Waals surface area contributed by atoms with E-state index in [0.29, 0.717) is 0 Å². The van der Waals surface area contributed by atoms with E-state index < -0.39 is 0 Å². The molecule has 0 unspecified atom stereocenters. The first-order valence-corrected chi connectivity index (χ1v) is 5.18. The van der Waals surface area contributed by atoms with Gasteiger partial charge in [0.25, 0.3) is 0 Å². The van der Waals surface area contributed by atoms with Gasteiger partial charge in [-0.05, 0) is 24.5 Å². The Morgan fingerprint density at radius 3 is 2.64 bits per heavy atom. The van der Waals surface area contributed by atoms with Crippen LogP contribution in [-0.2, 0) is 6.42 Å². The second-order valence-corrected chi connectivity index (χ2v) is 3.70. The lowest BCUT2D eigenvalue weighted by atomic mass is 10.1. The van der Waals surface area contributed by atoms with Gasteiger partial charge < -0.3 is 4.90 Å². The molecule has 1 nitrogen and oxygen atoms in total. The summed E-state index contributed by atoms with van der Waals surface area (Å²) in [6.45, 7) is 2.36. The summed E-state index contributed by atoms with van der Waals surface area (Å²) < 4.78 is 0. The molecule has 1 heteroatoms. The first-order chi connectivity index (χ1) is 6.92. The molecule has 0 N–H and O–H groups in total. The van der Waals surface area contributed by atoms with E-state index >= 15 is 0 Å². The Balaban J connectivity index is 2.26. The van der Waals surface area contributed by atoms with Crippen molar-refractivity contribution in [3.63, 3.8) is 0 Å². The van der Waals surface area contributed by atoms with Gasteiger partial charge in [-0.3, -0.25) is 0 Å². The van der Waals surface area contributed by atoms with Crippen molar-refractivity contribution in [2.24, 2.45) is 0 Å². The van der Waals surface area contributed by atoms with Crippen LogP contribution >= 0.6 is 0 Å². The van der Waals surface area contributed by atoms with Crippen LogP contribution in [0.3, 0.4) is 0 Å². The highest BCUT2D eigenvalue weighted by molar-refractivity contribution is 5.55. The van der Waals surface area contributed by atoms with Gasteiger partial charge in [-0.15, -0.1) is 12.3 Å². The number of anilines is 1. The van der Waals surface area contributed by atoms with Crippen LogP contribution in [-0.4, -0.2) is 13.1 Å². The second kappa shape index (κ2) is 4.19. The minimum atomic E-state index is 0.743. The number of terminal acetylenes is 1. The Hall–Kier alpha value is -1.42. The van der Waals surface area contributed by atoms with Crippen molar-refractivity contribution < 1.29 is 0 Å². The van der Waals surface area contributed by atoms with Gasteiger partial charge in [-0.25, -0.2) is 0 Å². The van der Waals surface area contributed by atoms with Crippen molar-refractivity contribution in [2.75, 3.05) is 18.0 Å². The van der Waals surface area contributed by atoms with Gasteiger partial charge in [0, 0.05) is 25.2 Å². The summed E-state index contributed by atoms with van der Waals surface area (Å²) >= 11 is 0. The molecular formula is C13H15N. The Morgan fingerprint density at radius 2 is 1.93 bits per heavy atom. The van der Waals surface area contributed by atoms with E-state index in [-0.39, 0.29) is 0 Å². The maximum atomic E-state index is 5.36. The van der Waals surface area contributed by atoms with Gasteiger partial charge in [-0.1, -0.05) is 18.2 Å². The minimum absolute atomic E-state index is 0.743. The Kier molecular flexibility index (Phi) is 2.74. The summed E-state index contributed by atoms with van der Waals surface area (Å²) in [6.07, 6.45) is 8.72. The monoisotopic (exact) mass is 185 g/mol. The average Bonchev–Trinajstić information content (AvgIpc) is 2.72. The quantitative estimate of drug-likeness (QED) is 0.640. The van der Waals surface area contributed by atoms with Crippen LogP contribution in [0, 0.1) is 12.3 Å². The second-order valence-electron chi connectivity index (χ2n) is 3.70. The third-order valence-corrected chi connectivity index (χ3v) is 2.73. The Morgan fingerprint density at radius 1 is 1.21 bits per heavy atom. The summed E-state index contributed by atoms with van der Waals surface area (Å²) in [5.41, 5.74) is 2.62. The smallest absolute Gasteiger partial charge is 0.0408 e. The fourth-order valence-corrected chi connectivity index (χ4v) is 2.04. The van der Waals surface area contributed by atoms with Crippen molar-refractivity contribution >= 4 is 5.69 Å². The molecule has 14 heavy (non-hydrogen) atoms. The van der Waals surface area contributed by atoms with Gasteiger partial charge in [0.1, 0.15) is 0 Å². The molecule has 72 valence electrons. The lowest BCUT2D eigenvalue weighted by molar-refractivity contribution is 0.949. The van der Waals surface area contributed by atoms with E-state index in [4.69, 9.17) is 6.42 Å². The number of rotatable bonds is 2. The third-order valence-electron chi connectivity index (χ3n) is 2.73. The number of benzene rings is 1. The van der Waals surface area contributed by atoms with Crippen LogP contribution in [0.2, 0.25) is 0 Å². The van der Waals surface area contributed by atoms with Crippen LogP contribution in [0.25, 0.3) is 0 Å². The van der Waals surface area contributed by atoms with Gasteiger partial charge in [-0.2, -0.15) is 0 Å². The zero-order chi connectivity index (χ0) is 9.80. The van der Waals surface area contributed by atoms with Gasteiger partial charge in [0.05, 0.1) is 0 Å². The number of hydrogen-bond acceptors (Lipinski definition) is 1. The summed E-state index contributed by atoms with van der Waals surface area (Å²) in [6, 6.07) is 8.46. The molecule has 0 radical (unpaired) electrons. The van der Waals surface area contributed by atoms with Crippen molar-refractivity contribution in [2.45, 2.75) is 19.3 Å². The van der Waals surface area contributed by atoms with E-state index in [2.05, 4.69) is 35.1 Å². The van der Waals surface area contributed by atoms with Crippen molar-refractivity contribution in [3.05, 3.63) is 29.8 Å². The highest BCUT2D eigenvalue weighted by Crippen LogP contribution is 2.24. The molecule has 1 aromatic carbocycles. The van der Waals surface area contributed by atoms with Crippen LogP contribution in [0.1, 0.15) is 18.4 Å². The molecule has 1 heterocycles. The molecule has 1 saturated heterocycles. The largest absolute Gasteiger partial charge is 0.371 e. The highest BCUT2D eigenvalue weighted by Gasteiger charge is 2.14. The molecule has 0 spiro atoms. The van der Waals surface area contributed by atoms with Gasteiger partial charge in [0.2, 0.25) is 0 Å². The van der Waals surface area contributed by atoms with Gasteiger partial charge >= 0.3 is 0 Å². The van der Waals surface area contributed by atoms with Crippen LogP contribution < -0.4 is 4.90 Å². The molecular weight excluding hydrogens is 170 g/mol. The fraction of sp³-hybridized carbons (Fsp3) is 0.385. The lowest BCUT2D eigenvalue weighted by Gasteiger charge is -2.20. The molecule has 0 aromatic heterocycles. The predicted octanol–water partition coefficient (Wildman–Crippen LogP) is 2.46. The van der Waals surface area contributed by atoms with Crippen LogP contribution in [0.15, 0.2) is 24.3 Å². The first-order valence-electron chi connectivity index (χ1n) is 5.18. The normalized spacial score (nSPS) is 15.5. The van der Waals surface area contributed by atoms with Crippen LogP contribution in [0.5, 0.6) is 0 Å². The molecule has 0 aliphatic carbocycles. The Bertz CT molecular complexity index is 342. The van der Waals surface area contributed by atoms with Crippen molar-refractivity contribution in [3.8, 4) is 12.3 Å². The zero-order valence-electron chi connectivity index (χ0n) is 8.37. The van der Waals surface area contributed by atoms with Crippen molar-refractivity contribution in [1.29, 1.82) is 0 Å². The maximum absolute atomic E-state index is 5.36. The van der Waals surface area contributed by atoms with E-state index in [9.17, 15) is 0 Å². The number of hydrogen-bond donors (Lipinski definition) is 0. The molecule has 1 fully saturated rings. The number of nitrogens with zero attached hydrogens (tertiary/aromatic N) is 1. The first kappa shape index (κ1) is 9.15. The third kappa shape index (κ3) is 1.75. The summed E-state index contributed by atoms with van der Waals surface area (Å²) in [4.78, 5) is 2.44.